The lowest BCUT2D eigenvalue weighted by Crippen LogP contribution is -2.53. The van der Waals surface area contributed by atoms with Crippen LogP contribution in [0.25, 0.3) is 17.4 Å². The number of halogens is 2. The van der Waals surface area contributed by atoms with Crippen molar-refractivity contribution in [1.29, 1.82) is 0 Å². The summed E-state index contributed by atoms with van der Waals surface area (Å²) in [5.74, 6) is -0.316. The van der Waals surface area contributed by atoms with Gasteiger partial charge >= 0.3 is 0 Å². The molecule has 0 atom stereocenters. The van der Waals surface area contributed by atoms with Crippen LogP contribution in [0.15, 0.2) is 53.0 Å². The van der Waals surface area contributed by atoms with E-state index in [1.54, 1.807) is 30.3 Å². The van der Waals surface area contributed by atoms with E-state index in [9.17, 15) is 9.59 Å². The molecule has 1 N–H and O–H groups in total. The van der Waals surface area contributed by atoms with E-state index in [0.717, 1.165) is 0 Å². The average molecular weight is 407 g/mol. The number of hydrogen-bond donors (Lipinski definition) is 1. The summed E-state index contributed by atoms with van der Waals surface area (Å²) < 4.78 is 5.70. The van der Waals surface area contributed by atoms with Crippen molar-refractivity contribution >= 4 is 58.4 Å². The van der Waals surface area contributed by atoms with Crippen LogP contribution in [-0.2, 0) is 9.59 Å². The first-order chi connectivity index (χ1) is 12.4. The summed E-state index contributed by atoms with van der Waals surface area (Å²) in [6, 6.07) is 8.31. The first-order valence-corrected chi connectivity index (χ1v) is 8.62. The number of rotatable bonds is 4. The Bertz CT molecular complexity index is 965. The number of amides is 2. The fraction of sp³-hybridized carbons (Fsp3) is 0.0556. The third-order valence-corrected chi connectivity index (χ3v) is 4.49. The molecule has 2 heterocycles. The third-order valence-electron chi connectivity index (χ3n) is 3.60. The number of furan rings is 1. The monoisotopic (exact) mass is 406 g/mol. The minimum Gasteiger partial charge on any atom is -0.457 e. The summed E-state index contributed by atoms with van der Waals surface area (Å²) in [6.45, 7) is 3.77. The largest absolute Gasteiger partial charge is 0.457 e. The maximum absolute atomic E-state index is 12.5. The average Bonchev–Trinajstić information content (AvgIpc) is 3.06. The molecule has 26 heavy (non-hydrogen) atoms. The maximum Gasteiger partial charge on any atom is 0.266 e. The number of nitrogens with zero attached hydrogens (tertiary/aromatic N) is 1. The van der Waals surface area contributed by atoms with Gasteiger partial charge < -0.3 is 4.42 Å². The Balaban J connectivity index is 1.95. The van der Waals surface area contributed by atoms with Crippen LogP contribution >= 0.6 is 35.4 Å². The van der Waals surface area contributed by atoms with E-state index in [1.165, 1.54) is 17.1 Å². The van der Waals surface area contributed by atoms with Crippen LogP contribution in [0.1, 0.15) is 5.76 Å². The molecule has 5 nitrogen and oxygen atoms in total. The molecule has 1 aliphatic rings. The second kappa shape index (κ2) is 7.45. The van der Waals surface area contributed by atoms with E-state index in [0.29, 0.717) is 27.1 Å². The van der Waals surface area contributed by atoms with E-state index in [-0.39, 0.29) is 17.2 Å². The molecule has 2 aromatic rings. The summed E-state index contributed by atoms with van der Waals surface area (Å²) >= 11 is 17.2. The molecule has 0 aliphatic carbocycles. The van der Waals surface area contributed by atoms with Gasteiger partial charge in [0.15, 0.2) is 5.11 Å². The van der Waals surface area contributed by atoms with Gasteiger partial charge in [0.05, 0.1) is 5.02 Å². The Kier molecular flexibility index (Phi) is 5.27. The highest BCUT2D eigenvalue weighted by Crippen LogP contribution is 2.32. The fourth-order valence-electron chi connectivity index (χ4n) is 2.39. The molecule has 132 valence electrons. The van der Waals surface area contributed by atoms with Crippen LogP contribution < -0.4 is 5.32 Å². The molecule has 0 saturated carbocycles. The van der Waals surface area contributed by atoms with Crippen LogP contribution in [0.5, 0.6) is 0 Å². The van der Waals surface area contributed by atoms with Crippen LogP contribution in [0.4, 0.5) is 0 Å². The quantitative estimate of drug-likeness (QED) is 0.359. The van der Waals surface area contributed by atoms with E-state index >= 15 is 0 Å². The normalized spacial score (nSPS) is 16.2. The molecule has 2 amide bonds. The predicted octanol–water partition coefficient (Wildman–Crippen LogP) is 4.07. The van der Waals surface area contributed by atoms with Gasteiger partial charge in [-0.2, -0.15) is 0 Å². The van der Waals surface area contributed by atoms with E-state index in [2.05, 4.69) is 11.9 Å². The number of carbonyl (C=O) groups excluding carboxylic acids is 2. The van der Waals surface area contributed by atoms with Crippen molar-refractivity contribution < 1.29 is 14.0 Å². The smallest absolute Gasteiger partial charge is 0.266 e. The van der Waals surface area contributed by atoms with Gasteiger partial charge in [0.1, 0.15) is 17.1 Å². The third kappa shape index (κ3) is 3.58. The molecule has 0 radical (unpaired) electrons. The molecular formula is C18H12Cl2N2O3S. The maximum atomic E-state index is 12.5. The van der Waals surface area contributed by atoms with Gasteiger partial charge in [0, 0.05) is 17.1 Å². The lowest BCUT2D eigenvalue weighted by molar-refractivity contribution is -0.128. The molecule has 8 heteroatoms. The first-order valence-electron chi connectivity index (χ1n) is 7.45. The van der Waals surface area contributed by atoms with Crippen molar-refractivity contribution in [1.82, 2.24) is 10.2 Å². The van der Waals surface area contributed by atoms with E-state index < -0.39 is 11.8 Å². The standard InChI is InChI=1S/C18H12Cl2N2O3S/c1-2-7-22-17(24)13(16(23)21-18(22)26)9-11-4-6-15(25-11)12-8-10(19)3-5-14(12)20/h2-6,8-9H,1,7H2,(H,21,23,26)/b13-9+. The highest BCUT2D eigenvalue weighted by atomic mass is 35.5. The molecule has 0 unspecified atom stereocenters. The second-order valence-corrected chi connectivity index (χ2v) is 6.58. The number of benzene rings is 1. The van der Waals surface area contributed by atoms with Gasteiger partial charge in [0.25, 0.3) is 11.8 Å². The number of nitrogens with one attached hydrogen (secondary N) is 1. The predicted molar refractivity (Wildman–Crippen MR) is 105 cm³/mol. The van der Waals surface area contributed by atoms with Gasteiger partial charge in [-0.15, -0.1) is 6.58 Å². The van der Waals surface area contributed by atoms with Crippen LogP contribution in [-0.4, -0.2) is 28.4 Å². The Morgan fingerprint density at radius 1 is 1.23 bits per heavy atom. The van der Waals surface area contributed by atoms with Crippen molar-refractivity contribution in [2.24, 2.45) is 0 Å². The summed E-state index contributed by atoms with van der Waals surface area (Å²) in [4.78, 5) is 25.9. The summed E-state index contributed by atoms with van der Waals surface area (Å²) in [5, 5.41) is 3.50. The van der Waals surface area contributed by atoms with Gasteiger partial charge in [-0.05, 0) is 48.6 Å². The van der Waals surface area contributed by atoms with Gasteiger partial charge in [-0.1, -0.05) is 29.3 Å². The van der Waals surface area contributed by atoms with Gasteiger partial charge in [0.2, 0.25) is 0 Å². The Morgan fingerprint density at radius 2 is 2.00 bits per heavy atom. The van der Waals surface area contributed by atoms with Crippen LogP contribution in [0.2, 0.25) is 10.0 Å². The Hall–Kier alpha value is -2.41. The minimum absolute atomic E-state index is 0.0443. The van der Waals surface area contributed by atoms with Crippen molar-refractivity contribution in [2.75, 3.05) is 6.54 Å². The number of thiocarbonyl (C=S) groups is 1. The zero-order valence-electron chi connectivity index (χ0n) is 13.3. The zero-order valence-corrected chi connectivity index (χ0v) is 15.6. The minimum atomic E-state index is -0.584. The topological polar surface area (TPSA) is 62.6 Å². The lowest BCUT2D eigenvalue weighted by Gasteiger charge is -2.27. The molecule has 1 aliphatic heterocycles. The Labute approximate surface area is 164 Å². The molecule has 1 aromatic heterocycles. The highest BCUT2D eigenvalue weighted by Gasteiger charge is 2.32. The number of carbonyl (C=O) groups is 2. The summed E-state index contributed by atoms with van der Waals surface area (Å²) in [7, 11) is 0. The Morgan fingerprint density at radius 3 is 2.73 bits per heavy atom. The zero-order chi connectivity index (χ0) is 18.8. The van der Waals surface area contributed by atoms with Crippen molar-refractivity contribution in [3.05, 3.63) is 64.4 Å². The highest BCUT2D eigenvalue weighted by molar-refractivity contribution is 7.80. The summed E-state index contributed by atoms with van der Waals surface area (Å²) in [6.07, 6.45) is 2.88. The lowest BCUT2D eigenvalue weighted by atomic mass is 10.1. The SMILES string of the molecule is C=CCN1C(=O)/C(=C/c2ccc(-c3cc(Cl)ccc3Cl)o2)C(=O)NC1=S. The van der Waals surface area contributed by atoms with E-state index in [4.69, 9.17) is 39.8 Å². The second-order valence-electron chi connectivity index (χ2n) is 5.35. The van der Waals surface area contributed by atoms with Crippen molar-refractivity contribution in [3.63, 3.8) is 0 Å². The molecule has 0 bridgehead atoms. The molecule has 1 aromatic carbocycles. The van der Waals surface area contributed by atoms with Crippen molar-refractivity contribution in [3.8, 4) is 11.3 Å². The fourth-order valence-corrected chi connectivity index (χ4v) is 3.03. The molecular weight excluding hydrogens is 395 g/mol. The molecule has 1 fully saturated rings. The van der Waals surface area contributed by atoms with Gasteiger partial charge in [-0.3, -0.25) is 19.8 Å². The van der Waals surface area contributed by atoms with Crippen LogP contribution in [0.3, 0.4) is 0 Å². The summed E-state index contributed by atoms with van der Waals surface area (Å²) in [5.41, 5.74) is 0.524. The van der Waals surface area contributed by atoms with Gasteiger partial charge in [-0.25, -0.2) is 0 Å². The molecule has 3 rings (SSSR count). The van der Waals surface area contributed by atoms with Crippen molar-refractivity contribution in [2.45, 2.75) is 0 Å². The van der Waals surface area contributed by atoms with Crippen LogP contribution in [0, 0.1) is 0 Å². The number of hydrogen-bond acceptors (Lipinski definition) is 4. The molecule has 1 saturated heterocycles. The molecule has 0 spiro atoms. The first kappa shape index (κ1) is 18.4. The van der Waals surface area contributed by atoms with E-state index in [1.807, 2.05) is 0 Å².